The lowest BCUT2D eigenvalue weighted by Crippen LogP contribution is -2.11. The van der Waals surface area contributed by atoms with Crippen molar-refractivity contribution >= 4 is 16.8 Å². The summed E-state index contributed by atoms with van der Waals surface area (Å²) >= 11 is 0. The summed E-state index contributed by atoms with van der Waals surface area (Å²) in [5.74, 6) is -0.469. The van der Waals surface area contributed by atoms with Crippen molar-refractivity contribution in [2.75, 3.05) is 0 Å². The van der Waals surface area contributed by atoms with Gasteiger partial charge in [0, 0.05) is 35.6 Å². The molecule has 6 nitrogen and oxygen atoms in total. The largest absolute Gasteiger partial charge is 0.366 e. The summed E-state index contributed by atoms with van der Waals surface area (Å²) in [6, 6.07) is 13.4. The monoisotopic (exact) mass is 357 g/mol. The second kappa shape index (κ2) is 6.32. The van der Waals surface area contributed by atoms with Crippen LogP contribution in [0.15, 0.2) is 48.7 Å². The number of amides is 1. The van der Waals surface area contributed by atoms with Crippen molar-refractivity contribution in [3.63, 3.8) is 0 Å². The Morgan fingerprint density at radius 3 is 2.67 bits per heavy atom. The molecule has 2 N–H and O–H groups in total. The van der Waals surface area contributed by atoms with Crippen molar-refractivity contribution in [3.05, 3.63) is 65.6 Å². The van der Waals surface area contributed by atoms with Gasteiger partial charge in [-0.2, -0.15) is 5.10 Å². The zero-order valence-corrected chi connectivity index (χ0v) is 15.4. The van der Waals surface area contributed by atoms with Crippen LogP contribution in [0.4, 0.5) is 0 Å². The van der Waals surface area contributed by atoms with Crippen LogP contribution in [-0.2, 0) is 7.05 Å². The number of hydrogen-bond acceptors (Lipinski definition) is 4. The van der Waals surface area contributed by atoms with Crippen LogP contribution in [0, 0.1) is 13.8 Å². The Morgan fingerprint density at radius 1 is 1.11 bits per heavy atom. The molecule has 0 unspecified atom stereocenters. The number of aromatic nitrogens is 4. The fourth-order valence-electron chi connectivity index (χ4n) is 3.32. The first kappa shape index (κ1) is 16.9. The summed E-state index contributed by atoms with van der Waals surface area (Å²) < 4.78 is 1.84. The fourth-order valence-corrected chi connectivity index (χ4v) is 3.32. The molecule has 3 aromatic heterocycles. The van der Waals surface area contributed by atoms with Crippen LogP contribution in [0.5, 0.6) is 0 Å². The molecule has 134 valence electrons. The first-order valence-electron chi connectivity index (χ1n) is 8.62. The van der Waals surface area contributed by atoms with Crippen LogP contribution in [0.2, 0.25) is 0 Å². The maximum absolute atomic E-state index is 11.8. The SMILES string of the molecule is Cc1cccc(-c2nn(C)c(C)c2-c2ccc3nccc(C(N)=O)c3c2)n1. The van der Waals surface area contributed by atoms with E-state index in [4.69, 9.17) is 5.73 Å². The van der Waals surface area contributed by atoms with Crippen molar-refractivity contribution in [2.45, 2.75) is 13.8 Å². The highest BCUT2D eigenvalue weighted by Crippen LogP contribution is 2.35. The molecule has 27 heavy (non-hydrogen) atoms. The Balaban J connectivity index is 1.99. The van der Waals surface area contributed by atoms with E-state index in [1.165, 1.54) is 0 Å². The minimum atomic E-state index is -0.469. The number of primary amides is 1. The Morgan fingerprint density at radius 2 is 1.93 bits per heavy atom. The average molecular weight is 357 g/mol. The van der Waals surface area contributed by atoms with Gasteiger partial charge in [0.05, 0.1) is 16.8 Å². The van der Waals surface area contributed by atoms with Crippen molar-refractivity contribution in [2.24, 2.45) is 12.8 Å². The molecule has 0 fully saturated rings. The van der Waals surface area contributed by atoms with E-state index in [-0.39, 0.29) is 0 Å². The predicted octanol–water partition coefficient (Wildman–Crippen LogP) is 3.41. The second-order valence-electron chi connectivity index (χ2n) is 6.55. The van der Waals surface area contributed by atoms with Crippen LogP contribution in [0.1, 0.15) is 21.7 Å². The number of aryl methyl sites for hydroxylation is 2. The smallest absolute Gasteiger partial charge is 0.249 e. The summed E-state index contributed by atoms with van der Waals surface area (Å²) in [6.07, 6.45) is 1.60. The van der Waals surface area contributed by atoms with Crippen LogP contribution in [0.25, 0.3) is 33.4 Å². The van der Waals surface area contributed by atoms with Crippen molar-refractivity contribution in [3.8, 4) is 22.5 Å². The Hall–Kier alpha value is -3.54. The lowest BCUT2D eigenvalue weighted by atomic mass is 9.98. The minimum absolute atomic E-state index is 0.457. The zero-order chi connectivity index (χ0) is 19.1. The molecule has 4 rings (SSSR count). The molecule has 3 heterocycles. The highest BCUT2D eigenvalue weighted by atomic mass is 16.1. The summed E-state index contributed by atoms with van der Waals surface area (Å²) in [4.78, 5) is 20.8. The molecule has 6 heteroatoms. The van der Waals surface area contributed by atoms with Gasteiger partial charge in [0.25, 0.3) is 0 Å². The van der Waals surface area contributed by atoms with E-state index < -0.39 is 5.91 Å². The molecule has 1 amide bonds. The molecule has 0 bridgehead atoms. The van der Waals surface area contributed by atoms with Gasteiger partial charge in [-0.1, -0.05) is 12.1 Å². The number of carbonyl (C=O) groups is 1. The Labute approximate surface area is 156 Å². The molecule has 0 aliphatic carbocycles. The van der Waals surface area contributed by atoms with E-state index in [0.29, 0.717) is 5.56 Å². The van der Waals surface area contributed by atoms with E-state index in [1.807, 2.05) is 62.0 Å². The third-order valence-corrected chi connectivity index (χ3v) is 4.76. The molecular formula is C21H19N5O. The van der Waals surface area contributed by atoms with Gasteiger partial charge >= 0.3 is 0 Å². The van der Waals surface area contributed by atoms with Crippen LogP contribution in [0.3, 0.4) is 0 Å². The van der Waals surface area contributed by atoms with Gasteiger partial charge in [0.1, 0.15) is 5.69 Å². The van der Waals surface area contributed by atoms with Crippen LogP contribution in [-0.4, -0.2) is 25.7 Å². The number of fused-ring (bicyclic) bond motifs is 1. The van der Waals surface area contributed by atoms with Gasteiger partial charge in [0.2, 0.25) is 5.91 Å². The zero-order valence-electron chi connectivity index (χ0n) is 15.4. The lowest BCUT2D eigenvalue weighted by molar-refractivity contribution is 0.100. The normalized spacial score (nSPS) is 11.1. The summed E-state index contributed by atoms with van der Waals surface area (Å²) in [6.45, 7) is 3.98. The number of hydrogen-bond donors (Lipinski definition) is 1. The van der Waals surface area contributed by atoms with Gasteiger partial charge in [-0.05, 0) is 49.7 Å². The molecule has 0 atom stereocenters. The summed E-state index contributed by atoms with van der Waals surface area (Å²) in [5, 5.41) is 5.41. The summed E-state index contributed by atoms with van der Waals surface area (Å²) in [5.41, 5.74) is 12.2. The topological polar surface area (TPSA) is 86.7 Å². The number of carbonyl (C=O) groups excluding carboxylic acids is 1. The van der Waals surface area contributed by atoms with Crippen molar-refractivity contribution in [1.29, 1.82) is 0 Å². The van der Waals surface area contributed by atoms with E-state index in [2.05, 4.69) is 15.1 Å². The van der Waals surface area contributed by atoms with Crippen LogP contribution >= 0.6 is 0 Å². The number of nitrogens with zero attached hydrogens (tertiary/aromatic N) is 4. The summed E-state index contributed by atoms with van der Waals surface area (Å²) in [7, 11) is 1.91. The highest BCUT2D eigenvalue weighted by Gasteiger charge is 2.19. The molecule has 0 saturated carbocycles. The molecule has 1 aromatic carbocycles. The van der Waals surface area contributed by atoms with Gasteiger partial charge in [-0.25, -0.2) is 0 Å². The molecule has 4 aromatic rings. The van der Waals surface area contributed by atoms with Gasteiger partial charge < -0.3 is 5.73 Å². The number of nitrogens with two attached hydrogens (primary N) is 1. The second-order valence-corrected chi connectivity index (χ2v) is 6.55. The predicted molar refractivity (Wildman–Crippen MR) is 105 cm³/mol. The van der Waals surface area contributed by atoms with E-state index in [0.717, 1.165) is 44.8 Å². The minimum Gasteiger partial charge on any atom is -0.366 e. The fraction of sp³-hybridized carbons (Fsp3) is 0.143. The maximum Gasteiger partial charge on any atom is 0.249 e. The third-order valence-electron chi connectivity index (χ3n) is 4.76. The Kier molecular flexibility index (Phi) is 3.96. The molecule has 0 aliphatic heterocycles. The van der Waals surface area contributed by atoms with E-state index in [1.54, 1.807) is 12.3 Å². The lowest BCUT2D eigenvalue weighted by Gasteiger charge is -2.08. The molecular weight excluding hydrogens is 338 g/mol. The molecule has 0 saturated heterocycles. The maximum atomic E-state index is 11.8. The van der Waals surface area contributed by atoms with Gasteiger partial charge in [0.15, 0.2) is 0 Å². The van der Waals surface area contributed by atoms with Crippen molar-refractivity contribution in [1.82, 2.24) is 19.7 Å². The van der Waals surface area contributed by atoms with Gasteiger partial charge in [-0.3, -0.25) is 19.4 Å². The molecule has 0 radical (unpaired) electrons. The van der Waals surface area contributed by atoms with E-state index >= 15 is 0 Å². The van der Waals surface area contributed by atoms with E-state index in [9.17, 15) is 4.79 Å². The van der Waals surface area contributed by atoms with Crippen molar-refractivity contribution < 1.29 is 4.79 Å². The highest BCUT2D eigenvalue weighted by molar-refractivity contribution is 6.06. The van der Waals surface area contributed by atoms with Crippen LogP contribution < -0.4 is 5.73 Å². The number of benzene rings is 1. The average Bonchev–Trinajstić information content (AvgIpc) is 2.95. The first-order chi connectivity index (χ1) is 13.0. The third kappa shape index (κ3) is 2.85. The number of rotatable bonds is 3. The molecule has 0 spiro atoms. The molecule has 0 aliphatic rings. The Bertz CT molecular complexity index is 1190. The first-order valence-corrected chi connectivity index (χ1v) is 8.62. The van der Waals surface area contributed by atoms with Gasteiger partial charge in [-0.15, -0.1) is 0 Å². The standard InChI is InChI=1S/C21H19N5O/c1-12-5-4-6-18(24-12)20-19(13(2)26(3)25-20)14-7-8-17-16(11-14)15(21(22)27)9-10-23-17/h4-11H,1-3H3,(H2,22,27). The number of pyridine rings is 2. The quantitative estimate of drug-likeness (QED) is 0.609.